The Balaban J connectivity index is 2.33. The molecule has 0 radical (unpaired) electrons. The van der Waals surface area contributed by atoms with Crippen molar-refractivity contribution in [3.8, 4) is 11.5 Å². The van der Waals surface area contributed by atoms with Crippen molar-refractivity contribution >= 4 is 11.6 Å². The second-order valence-electron chi connectivity index (χ2n) is 4.32. The first-order chi connectivity index (χ1) is 8.60. The van der Waals surface area contributed by atoms with Crippen LogP contribution in [0.5, 0.6) is 11.5 Å². The molecule has 0 fully saturated rings. The lowest BCUT2D eigenvalue weighted by Crippen LogP contribution is -1.97. The molecule has 2 rings (SSSR count). The average Bonchev–Trinajstić information content (AvgIpc) is 2.35. The van der Waals surface area contributed by atoms with E-state index in [0.29, 0.717) is 11.6 Å². The molecule has 2 aromatic rings. The molecule has 0 heterocycles. The van der Waals surface area contributed by atoms with Gasteiger partial charge >= 0.3 is 0 Å². The Hall–Kier alpha value is -1.51. The first-order valence-electron chi connectivity index (χ1n) is 5.84. The Morgan fingerprint density at radius 1 is 1.00 bits per heavy atom. The molecule has 0 aliphatic rings. The highest BCUT2D eigenvalue weighted by Crippen LogP contribution is 2.29. The molecule has 18 heavy (non-hydrogen) atoms. The topological polar surface area (TPSA) is 35.2 Å². The smallest absolute Gasteiger partial charge is 0.130 e. The predicted octanol–water partition coefficient (Wildman–Crippen LogP) is 4.21. The summed E-state index contributed by atoms with van der Waals surface area (Å²) in [6.07, 6.45) is 0. The summed E-state index contributed by atoms with van der Waals surface area (Å²) in [6, 6.07) is 11.6. The number of hydrogen-bond acceptors (Lipinski definition) is 2. The molecule has 0 saturated carbocycles. The molecule has 2 N–H and O–H groups in total. The van der Waals surface area contributed by atoms with Crippen molar-refractivity contribution in [2.75, 3.05) is 0 Å². The zero-order valence-electron chi connectivity index (χ0n) is 10.5. The van der Waals surface area contributed by atoms with Crippen LogP contribution in [0, 0.1) is 13.8 Å². The molecule has 0 aromatic heterocycles. The van der Waals surface area contributed by atoms with E-state index >= 15 is 0 Å². The van der Waals surface area contributed by atoms with Crippen LogP contribution in [0.4, 0.5) is 0 Å². The van der Waals surface area contributed by atoms with Gasteiger partial charge in [-0.15, -0.1) is 0 Å². The molecular weight excluding hydrogens is 246 g/mol. The largest absolute Gasteiger partial charge is 0.457 e. The highest BCUT2D eigenvalue weighted by Gasteiger charge is 2.05. The Morgan fingerprint density at radius 3 is 2.44 bits per heavy atom. The molecule has 0 saturated heterocycles. The molecule has 0 unspecified atom stereocenters. The fourth-order valence-electron chi connectivity index (χ4n) is 1.73. The molecule has 0 aliphatic carbocycles. The summed E-state index contributed by atoms with van der Waals surface area (Å²) in [4.78, 5) is 0. The van der Waals surface area contributed by atoms with Crippen molar-refractivity contribution in [1.82, 2.24) is 0 Å². The van der Waals surface area contributed by atoms with Crippen LogP contribution in [-0.2, 0) is 6.54 Å². The lowest BCUT2D eigenvalue weighted by Gasteiger charge is -2.12. The van der Waals surface area contributed by atoms with Gasteiger partial charge in [0.2, 0.25) is 0 Å². The Labute approximate surface area is 112 Å². The van der Waals surface area contributed by atoms with Crippen LogP contribution < -0.4 is 10.5 Å². The van der Waals surface area contributed by atoms with Crippen LogP contribution in [0.3, 0.4) is 0 Å². The second kappa shape index (κ2) is 5.42. The minimum Gasteiger partial charge on any atom is -0.457 e. The maximum absolute atomic E-state index is 5.93. The average molecular weight is 262 g/mol. The monoisotopic (exact) mass is 261 g/mol. The predicted molar refractivity (Wildman–Crippen MR) is 75.3 cm³/mol. The normalized spacial score (nSPS) is 10.4. The van der Waals surface area contributed by atoms with Gasteiger partial charge in [-0.05, 0) is 54.8 Å². The van der Waals surface area contributed by atoms with Gasteiger partial charge in [0, 0.05) is 11.6 Å². The number of halogens is 1. The van der Waals surface area contributed by atoms with E-state index in [1.807, 2.05) is 50.2 Å². The van der Waals surface area contributed by atoms with Crippen molar-refractivity contribution in [1.29, 1.82) is 0 Å². The molecule has 0 atom stereocenters. The maximum Gasteiger partial charge on any atom is 0.130 e. The van der Waals surface area contributed by atoms with E-state index in [2.05, 4.69) is 0 Å². The molecule has 3 heteroatoms. The molecule has 94 valence electrons. The van der Waals surface area contributed by atoms with E-state index in [9.17, 15) is 0 Å². The Bertz CT molecular complexity index is 566. The Morgan fingerprint density at radius 2 is 1.78 bits per heavy atom. The zero-order valence-corrected chi connectivity index (χ0v) is 11.3. The van der Waals surface area contributed by atoms with Crippen molar-refractivity contribution in [2.45, 2.75) is 20.4 Å². The van der Waals surface area contributed by atoms with Crippen molar-refractivity contribution in [2.24, 2.45) is 5.73 Å². The lowest BCUT2D eigenvalue weighted by molar-refractivity contribution is 0.474. The van der Waals surface area contributed by atoms with Gasteiger partial charge in [0.1, 0.15) is 11.5 Å². The molecule has 0 spiro atoms. The molecular formula is C15H16ClNO. The van der Waals surface area contributed by atoms with Crippen LogP contribution in [0.2, 0.25) is 5.02 Å². The summed E-state index contributed by atoms with van der Waals surface area (Å²) in [5.74, 6) is 1.65. The van der Waals surface area contributed by atoms with E-state index in [1.165, 1.54) is 0 Å². The van der Waals surface area contributed by atoms with Crippen LogP contribution >= 0.6 is 11.6 Å². The van der Waals surface area contributed by atoms with Crippen LogP contribution in [0.15, 0.2) is 36.4 Å². The highest BCUT2D eigenvalue weighted by atomic mass is 35.5. The van der Waals surface area contributed by atoms with Crippen molar-refractivity contribution in [3.05, 3.63) is 58.1 Å². The maximum atomic E-state index is 5.93. The van der Waals surface area contributed by atoms with Gasteiger partial charge in [0.05, 0.1) is 0 Å². The van der Waals surface area contributed by atoms with Gasteiger partial charge in [-0.1, -0.05) is 23.7 Å². The summed E-state index contributed by atoms with van der Waals surface area (Å²) in [7, 11) is 0. The number of hydrogen-bond donors (Lipinski definition) is 1. The van der Waals surface area contributed by atoms with Crippen LogP contribution in [-0.4, -0.2) is 0 Å². The van der Waals surface area contributed by atoms with E-state index in [1.54, 1.807) is 0 Å². The van der Waals surface area contributed by atoms with E-state index in [-0.39, 0.29) is 0 Å². The summed E-state index contributed by atoms with van der Waals surface area (Å²) < 4.78 is 5.92. The first kappa shape index (κ1) is 12.9. The number of ether oxygens (including phenoxy) is 1. The highest BCUT2D eigenvalue weighted by molar-refractivity contribution is 6.30. The summed E-state index contributed by atoms with van der Waals surface area (Å²) in [5, 5.41) is 0.715. The summed E-state index contributed by atoms with van der Waals surface area (Å²) in [5.41, 5.74) is 8.80. The minimum absolute atomic E-state index is 0.510. The zero-order chi connectivity index (χ0) is 13.1. The van der Waals surface area contributed by atoms with Gasteiger partial charge in [-0.3, -0.25) is 0 Å². The number of benzene rings is 2. The van der Waals surface area contributed by atoms with E-state index in [4.69, 9.17) is 22.1 Å². The van der Waals surface area contributed by atoms with Gasteiger partial charge < -0.3 is 10.5 Å². The molecule has 0 bridgehead atoms. The standard InChI is InChI=1S/C15H16ClNO/c1-10-3-4-12(9-17)8-15(10)18-14-6-5-13(16)7-11(14)2/h3-8H,9,17H2,1-2H3. The van der Waals surface area contributed by atoms with E-state index < -0.39 is 0 Å². The van der Waals surface area contributed by atoms with Gasteiger partial charge in [-0.25, -0.2) is 0 Å². The summed E-state index contributed by atoms with van der Waals surface area (Å²) >= 11 is 5.93. The van der Waals surface area contributed by atoms with Crippen LogP contribution in [0.25, 0.3) is 0 Å². The quantitative estimate of drug-likeness (QED) is 0.898. The van der Waals surface area contributed by atoms with Gasteiger partial charge in [0.25, 0.3) is 0 Å². The molecule has 2 aromatic carbocycles. The van der Waals surface area contributed by atoms with E-state index in [0.717, 1.165) is 28.2 Å². The third-order valence-electron chi connectivity index (χ3n) is 2.85. The van der Waals surface area contributed by atoms with Crippen molar-refractivity contribution in [3.63, 3.8) is 0 Å². The molecule has 0 amide bonds. The van der Waals surface area contributed by atoms with Crippen molar-refractivity contribution < 1.29 is 4.74 Å². The number of aryl methyl sites for hydroxylation is 2. The Kier molecular flexibility index (Phi) is 3.90. The number of rotatable bonds is 3. The molecule has 2 nitrogen and oxygen atoms in total. The summed E-state index contributed by atoms with van der Waals surface area (Å²) in [6.45, 7) is 4.50. The fourth-order valence-corrected chi connectivity index (χ4v) is 1.95. The molecule has 0 aliphatic heterocycles. The number of nitrogens with two attached hydrogens (primary N) is 1. The second-order valence-corrected chi connectivity index (χ2v) is 4.75. The SMILES string of the molecule is Cc1cc(Cl)ccc1Oc1cc(CN)ccc1C. The van der Waals surface area contributed by atoms with Gasteiger partial charge in [0.15, 0.2) is 0 Å². The first-order valence-corrected chi connectivity index (χ1v) is 6.21. The fraction of sp³-hybridized carbons (Fsp3) is 0.200. The van der Waals surface area contributed by atoms with Crippen LogP contribution in [0.1, 0.15) is 16.7 Å². The lowest BCUT2D eigenvalue weighted by atomic mass is 10.1. The van der Waals surface area contributed by atoms with Gasteiger partial charge in [-0.2, -0.15) is 0 Å². The minimum atomic E-state index is 0.510. The third kappa shape index (κ3) is 2.84. The third-order valence-corrected chi connectivity index (χ3v) is 3.08.